The molecule has 0 bridgehead atoms. The Balaban J connectivity index is 1.41. The molecule has 0 aliphatic carbocycles. The number of aryl methyl sites for hydroxylation is 1. The fourth-order valence-electron chi connectivity index (χ4n) is 3.90. The molecular formula is C18H22ClN5O3. The lowest BCUT2D eigenvalue weighted by molar-refractivity contribution is 0.0453. The van der Waals surface area contributed by atoms with Gasteiger partial charge in [0.2, 0.25) is 0 Å². The molecule has 3 amide bonds. The Hall–Kier alpha value is -2.48. The molecule has 2 aromatic rings. The number of carbonyl (C=O) groups excluding carboxylic acids is 2. The number of hydrogen-bond donors (Lipinski definition) is 2. The van der Waals surface area contributed by atoms with Crippen molar-refractivity contribution < 1.29 is 14.3 Å². The van der Waals surface area contributed by atoms with Crippen LogP contribution in [-0.4, -0.2) is 52.0 Å². The molecule has 2 aliphatic heterocycles. The van der Waals surface area contributed by atoms with E-state index in [1.807, 2.05) is 25.2 Å². The maximum Gasteiger partial charge on any atom is 0.407 e. The van der Waals surface area contributed by atoms with Gasteiger partial charge in [-0.3, -0.25) is 4.68 Å². The van der Waals surface area contributed by atoms with Crippen LogP contribution < -0.4 is 10.6 Å². The van der Waals surface area contributed by atoms with Gasteiger partial charge >= 0.3 is 12.1 Å². The number of halogens is 1. The number of urea groups is 1. The van der Waals surface area contributed by atoms with E-state index in [2.05, 4.69) is 15.7 Å². The molecule has 0 radical (unpaired) electrons. The molecule has 2 aliphatic rings. The summed E-state index contributed by atoms with van der Waals surface area (Å²) in [7, 11) is 1.86. The number of likely N-dealkylation sites (tertiary alicyclic amines) is 1. The summed E-state index contributed by atoms with van der Waals surface area (Å²) in [5.74, 6) is 0. The molecule has 2 N–H and O–H groups in total. The third kappa shape index (κ3) is 3.41. The third-order valence-corrected chi connectivity index (χ3v) is 5.67. The van der Waals surface area contributed by atoms with Gasteiger partial charge in [0.15, 0.2) is 0 Å². The molecule has 2 fully saturated rings. The zero-order valence-electron chi connectivity index (χ0n) is 15.1. The van der Waals surface area contributed by atoms with Crippen molar-refractivity contribution in [3.05, 3.63) is 28.9 Å². The van der Waals surface area contributed by atoms with Crippen molar-refractivity contribution in [2.75, 3.05) is 19.6 Å². The van der Waals surface area contributed by atoms with Gasteiger partial charge < -0.3 is 20.3 Å². The minimum Gasteiger partial charge on any atom is -0.441 e. The maximum atomic E-state index is 12.6. The summed E-state index contributed by atoms with van der Waals surface area (Å²) >= 11 is 6.32. The van der Waals surface area contributed by atoms with E-state index in [0.717, 1.165) is 29.4 Å². The number of hydrogen-bond acceptors (Lipinski definition) is 4. The van der Waals surface area contributed by atoms with Crippen LogP contribution in [0.15, 0.2) is 18.2 Å². The zero-order valence-corrected chi connectivity index (χ0v) is 15.9. The van der Waals surface area contributed by atoms with E-state index >= 15 is 0 Å². The van der Waals surface area contributed by atoms with Crippen LogP contribution in [-0.2, 0) is 18.3 Å². The SMILES string of the molecule is Cn1nc(CNC(=O)N2CCC[C@]3(CC2)CNC(=O)O3)c2c(Cl)cccc21. The van der Waals surface area contributed by atoms with E-state index in [-0.39, 0.29) is 12.1 Å². The van der Waals surface area contributed by atoms with Gasteiger partial charge in [0.25, 0.3) is 0 Å². The van der Waals surface area contributed by atoms with E-state index in [9.17, 15) is 9.59 Å². The highest BCUT2D eigenvalue weighted by Crippen LogP contribution is 2.29. The topological polar surface area (TPSA) is 88.5 Å². The van der Waals surface area contributed by atoms with Crippen LogP contribution in [0.25, 0.3) is 10.9 Å². The minimum atomic E-state index is -0.475. The quantitative estimate of drug-likeness (QED) is 0.822. The molecule has 4 rings (SSSR count). The Morgan fingerprint density at radius 2 is 2.26 bits per heavy atom. The number of nitrogens with zero attached hydrogens (tertiary/aromatic N) is 3. The highest BCUT2D eigenvalue weighted by molar-refractivity contribution is 6.35. The Kier molecular flexibility index (Phi) is 4.59. The fraction of sp³-hybridized carbons (Fsp3) is 0.500. The molecule has 8 nitrogen and oxygen atoms in total. The molecule has 0 unspecified atom stereocenters. The second-order valence-corrected chi connectivity index (χ2v) is 7.54. The molecule has 9 heteroatoms. The number of amides is 3. The molecule has 144 valence electrons. The minimum absolute atomic E-state index is 0.143. The lowest BCUT2D eigenvalue weighted by Gasteiger charge is -2.25. The number of carbonyl (C=O) groups is 2. The van der Waals surface area contributed by atoms with Gasteiger partial charge in [-0.1, -0.05) is 17.7 Å². The first kappa shape index (κ1) is 17.9. The Morgan fingerprint density at radius 1 is 1.41 bits per heavy atom. The molecule has 2 saturated heterocycles. The highest BCUT2D eigenvalue weighted by atomic mass is 35.5. The number of aromatic nitrogens is 2. The number of benzene rings is 1. The van der Waals surface area contributed by atoms with Crippen molar-refractivity contribution in [1.29, 1.82) is 0 Å². The van der Waals surface area contributed by atoms with E-state index in [1.165, 1.54) is 0 Å². The summed E-state index contributed by atoms with van der Waals surface area (Å²) in [6, 6.07) is 5.51. The summed E-state index contributed by atoms with van der Waals surface area (Å²) in [6.07, 6.45) is 1.82. The van der Waals surface area contributed by atoms with E-state index in [4.69, 9.17) is 16.3 Å². The smallest absolute Gasteiger partial charge is 0.407 e. The van der Waals surface area contributed by atoms with Crippen molar-refractivity contribution in [2.24, 2.45) is 7.05 Å². The van der Waals surface area contributed by atoms with Crippen molar-refractivity contribution in [3.8, 4) is 0 Å². The first-order chi connectivity index (χ1) is 13.0. The van der Waals surface area contributed by atoms with Crippen LogP contribution in [0.5, 0.6) is 0 Å². The Morgan fingerprint density at radius 3 is 3.04 bits per heavy atom. The van der Waals surface area contributed by atoms with Crippen LogP contribution in [0.1, 0.15) is 25.0 Å². The normalized spacial score (nSPS) is 22.6. The summed E-state index contributed by atoms with van der Waals surface area (Å²) in [4.78, 5) is 25.8. The average molecular weight is 392 g/mol. The molecule has 3 heterocycles. The van der Waals surface area contributed by atoms with Gasteiger partial charge in [0.1, 0.15) is 5.60 Å². The second-order valence-electron chi connectivity index (χ2n) is 7.13. The van der Waals surface area contributed by atoms with Crippen LogP contribution in [0.2, 0.25) is 5.02 Å². The lowest BCUT2D eigenvalue weighted by Crippen LogP contribution is -2.41. The number of rotatable bonds is 2. The Bertz CT molecular complexity index is 898. The fourth-order valence-corrected chi connectivity index (χ4v) is 4.18. The monoisotopic (exact) mass is 391 g/mol. The summed E-state index contributed by atoms with van der Waals surface area (Å²) in [5, 5.41) is 11.6. The van der Waals surface area contributed by atoms with Gasteiger partial charge in [-0.05, 0) is 25.0 Å². The first-order valence-electron chi connectivity index (χ1n) is 9.07. The summed E-state index contributed by atoms with van der Waals surface area (Å²) in [5.41, 5.74) is 1.20. The highest BCUT2D eigenvalue weighted by Gasteiger charge is 2.41. The summed E-state index contributed by atoms with van der Waals surface area (Å²) in [6.45, 7) is 2.00. The van der Waals surface area contributed by atoms with Crippen LogP contribution in [0.4, 0.5) is 9.59 Å². The first-order valence-corrected chi connectivity index (χ1v) is 9.45. The standard InChI is InChI=1S/C18H22ClN5O3/c1-23-14-5-2-4-12(19)15(14)13(22-23)10-20-16(25)24-8-3-6-18(7-9-24)11-21-17(26)27-18/h2,4-5H,3,6-11H2,1H3,(H,20,25)(H,21,26)/t18-/m0/s1. The van der Waals surface area contributed by atoms with E-state index < -0.39 is 5.60 Å². The van der Waals surface area contributed by atoms with Gasteiger partial charge in [-0.15, -0.1) is 0 Å². The lowest BCUT2D eigenvalue weighted by atomic mass is 9.95. The van der Waals surface area contributed by atoms with Crippen molar-refractivity contribution in [2.45, 2.75) is 31.4 Å². The van der Waals surface area contributed by atoms with Crippen LogP contribution in [0.3, 0.4) is 0 Å². The number of nitrogens with one attached hydrogen (secondary N) is 2. The van der Waals surface area contributed by atoms with Crippen LogP contribution in [0, 0.1) is 0 Å². The number of fused-ring (bicyclic) bond motifs is 1. The summed E-state index contributed by atoms with van der Waals surface area (Å²) < 4.78 is 7.22. The molecular weight excluding hydrogens is 370 g/mol. The second kappa shape index (κ2) is 6.92. The molecule has 0 saturated carbocycles. The van der Waals surface area contributed by atoms with Gasteiger partial charge in [-0.25, -0.2) is 9.59 Å². The average Bonchev–Trinajstić information content (AvgIpc) is 3.08. The van der Waals surface area contributed by atoms with E-state index in [1.54, 1.807) is 9.58 Å². The predicted molar refractivity (Wildman–Crippen MR) is 101 cm³/mol. The Labute approximate surface area is 161 Å². The number of alkyl carbamates (subject to hydrolysis) is 1. The van der Waals surface area contributed by atoms with Gasteiger partial charge in [0.05, 0.1) is 29.3 Å². The molecule has 1 spiro atoms. The van der Waals surface area contributed by atoms with Crippen LogP contribution >= 0.6 is 11.6 Å². The van der Waals surface area contributed by atoms with Crippen molar-refractivity contribution >= 4 is 34.6 Å². The van der Waals surface area contributed by atoms with Gasteiger partial charge in [0, 0.05) is 31.9 Å². The number of ether oxygens (including phenoxy) is 1. The molecule has 1 aromatic carbocycles. The zero-order chi connectivity index (χ0) is 19.0. The van der Waals surface area contributed by atoms with Crippen molar-refractivity contribution in [1.82, 2.24) is 25.3 Å². The largest absolute Gasteiger partial charge is 0.441 e. The van der Waals surface area contributed by atoms with E-state index in [0.29, 0.717) is 37.6 Å². The third-order valence-electron chi connectivity index (χ3n) is 5.36. The predicted octanol–water partition coefficient (Wildman–Crippen LogP) is 2.40. The van der Waals surface area contributed by atoms with Crippen molar-refractivity contribution in [3.63, 3.8) is 0 Å². The molecule has 1 atom stereocenters. The molecule has 27 heavy (non-hydrogen) atoms. The van der Waals surface area contributed by atoms with Gasteiger partial charge in [-0.2, -0.15) is 5.10 Å². The maximum absolute atomic E-state index is 12.6. The molecule has 1 aromatic heterocycles.